The minimum Gasteiger partial charge on any atom is -0.507 e. The highest BCUT2D eigenvalue weighted by atomic mass is 35.5. The van der Waals surface area contributed by atoms with Crippen molar-refractivity contribution in [3.05, 3.63) is 57.6 Å². The topological polar surface area (TPSA) is 86.6 Å². The van der Waals surface area contributed by atoms with Gasteiger partial charge in [-0.25, -0.2) is 0 Å². The fourth-order valence-electron chi connectivity index (χ4n) is 2.64. The number of hydrogen-bond acceptors (Lipinski definition) is 4. The molecule has 0 bridgehead atoms. The van der Waals surface area contributed by atoms with Crippen LogP contribution >= 0.6 is 23.2 Å². The second kappa shape index (κ2) is 5.53. The molecule has 0 spiro atoms. The molecule has 3 N–H and O–H groups in total. The molecule has 2 aromatic carbocycles. The first kappa shape index (κ1) is 15.8. The second-order valence-corrected chi connectivity index (χ2v) is 6.09. The molecule has 0 aliphatic carbocycles. The third-order valence-corrected chi connectivity index (χ3v) is 4.23. The number of anilines is 1. The number of phenols is 1. The largest absolute Gasteiger partial charge is 0.507 e. The fourth-order valence-corrected chi connectivity index (χ4v) is 3.29. The summed E-state index contributed by atoms with van der Waals surface area (Å²) in [6.07, 6.45) is -0.551. The minimum absolute atomic E-state index is 0.0206. The Kier molecular flexibility index (Phi) is 3.80. The minimum atomic E-state index is -2.11. The highest BCUT2D eigenvalue weighted by Crippen LogP contribution is 2.44. The molecule has 1 amide bonds. The average Bonchev–Trinajstić information content (AvgIpc) is 2.70. The van der Waals surface area contributed by atoms with Gasteiger partial charge in [-0.3, -0.25) is 9.59 Å². The summed E-state index contributed by atoms with van der Waals surface area (Å²) in [7, 11) is 0. The number of halogens is 2. The van der Waals surface area contributed by atoms with Gasteiger partial charge in [0.15, 0.2) is 11.4 Å². The summed E-state index contributed by atoms with van der Waals surface area (Å²) in [6.45, 7) is 0. The number of nitrogens with one attached hydrogen (secondary N) is 1. The number of rotatable bonds is 3. The Morgan fingerprint density at radius 1 is 1.22 bits per heavy atom. The lowest BCUT2D eigenvalue weighted by Gasteiger charge is -2.21. The van der Waals surface area contributed by atoms with Crippen molar-refractivity contribution in [3.8, 4) is 5.75 Å². The van der Waals surface area contributed by atoms with Crippen LogP contribution in [0, 0.1) is 0 Å². The molecule has 0 saturated carbocycles. The second-order valence-electron chi connectivity index (χ2n) is 5.24. The van der Waals surface area contributed by atoms with E-state index < -0.39 is 23.7 Å². The van der Waals surface area contributed by atoms with E-state index in [1.165, 1.54) is 24.3 Å². The van der Waals surface area contributed by atoms with E-state index in [-0.39, 0.29) is 27.6 Å². The van der Waals surface area contributed by atoms with Gasteiger partial charge in [0.2, 0.25) is 0 Å². The molecule has 3 rings (SSSR count). The lowest BCUT2D eigenvalue weighted by Crippen LogP contribution is -2.36. The molecule has 0 unspecified atom stereocenters. The number of para-hydroxylation sites is 1. The van der Waals surface area contributed by atoms with Crippen LogP contribution in [0.25, 0.3) is 0 Å². The number of carbonyl (C=O) groups is 2. The zero-order valence-electron chi connectivity index (χ0n) is 11.6. The Balaban J connectivity index is 2.02. The summed E-state index contributed by atoms with van der Waals surface area (Å²) in [5, 5.41) is 23.4. The van der Waals surface area contributed by atoms with Gasteiger partial charge in [-0.1, -0.05) is 35.3 Å². The molecule has 118 valence electrons. The summed E-state index contributed by atoms with van der Waals surface area (Å²) >= 11 is 12.0. The average molecular weight is 352 g/mol. The van der Waals surface area contributed by atoms with Crippen LogP contribution in [0.15, 0.2) is 36.4 Å². The predicted molar refractivity (Wildman–Crippen MR) is 86.0 cm³/mol. The highest BCUT2D eigenvalue weighted by Gasteiger charge is 2.48. The number of phenolic OH excluding ortho intramolecular Hbond substituents is 1. The van der Waals surface area contributed by atoms with Gasteiger partial charge in [0.05, 0.1) is 22.7 Å². The van der Waals surface area contributed by atoms with Crippen LogP contribution in [0.2, 0.25) is 10.0 Å². The summed E-state index contributed by atoms with van der Waals surface area (Å²) in [5.74, 6) is -1.57. The van der Waals surface area contributed by atoms with E-state index in [4.69, 9.17) is 23.2 Å². The zero-order chi connectivity index (χ0) is 16.8. The number of amides is 1. The van der Waals surface area contributed by atoms with Gasteiger partial charge >= 0.3 is 0 Å². The van der Waals surface area contributed by atoms with E-state index in [1.807, 2.05) is 0 Å². The summed E-state index contributed by atoms with van der Waals surface area (Å²) in [4.78, 5) is 24.6. The maximum Gasteiger partial charge on any atom is 0.261 e. The molecule has 1 aliphatic heterocycles. The first-order chi connectivity index (χ1) is 10.8. The molecule has 0 aromatic heterocycles. The molecule has 1 atom stereocenters. The number of aliphatic hydroxyl groups is 1. The molecule has 1 aliphatic rings. The Bertz CT molecular complexity index is 837. The van der Waals surface area contributed by atoms with Crippen LogP contribution in [0.3, 0.4) is 0 Å². The first-order valence-corrected chi connectivity index (χ1v) is 7.43. The Labute approximate surface area is 141 Å². The van der Waals surface area contributed by atoms with Crippen molar-refractivity contribution >= 4 is 40.6 Å². The maximum atomic E-state index is 12.4. The van der Waals surface area contributed by atoms with Gasteiger partial charge in [0, 0.05) is 10.6 Å². The number of benzene rings is 2. The van der Waals surface area contributed by atoms with Crippen LogP contribution in [-0.2, 0) is 10.4 Å². The quantitative estimate of drug-likeness (QED) is 0.741. The van der Waals surface area contributed by atoms with Crippen molar-refractivity contribution in [1.29, 1.82) is 0 Å². The number of ketones is 1. The molecule has 0 saturated heterocycles. The van der Waals surface area contributed by atoms with Gasteiger partial charge in [-0.2, -0.15) is 0 Å². The standard InChI is InChI=1S/C16H11Cl2NO4/c17-8-5-10(18)14-11(6-8)19-15(22)16(14,23)7-13(21)9-3-1-2-4-12(9)20/h1-6,20,23H,7H2,(H,19,22)/t16-/m1/s1. The lowest BCUT2D eigenvalue weighted by molar-refractivity contribution is -0.133. The zero-order valence-corrected chi connectivity index (χ0v) is 13.1. The van der Waals surface area contributed by atoms with E-state index in [1.54, 1.807) is 12.1 Å². The van der Waals surface area contributed by atoms with Crippen LogP contribution in [0.1, 0.15) is 22.3 Å². The Hall–Kier alpha value is -2.08. The molecular weight excluding hydrogens is 341 g/mol. The molecule has 0 radical (unpaired) electrons. The third-order valence-electron chi connectivity index (χ3n) is 3.71. The van der Waals surface area contributed by atoms with Crippen molar-refractivity contribution < 1.29 is 19.8 Å². The van der Waals surface area contributed by atoms with E-state index in [2.05, 4.69) is 5.32 Å². The third kappa shape index (κ3) is 2.57. The summed E-state index contributed by atoms with van der Waals surface area (Å²) < 4.78 is 0. The van der Waals surface area contributed by atoms with Gasteiger partial charge in [-0.05, 0) is 24.3 Å². The van der Waals surface area contributed by atoms with Crippen LogP contribution < -0.4 is 5.32 Å². The molecule has 7 heteroatoms. The summed E-state index contributed by atoms with van der Waals surface area (Å²) in [5.41, 5.74) is -1.72. The van der Waals surface area contributed by atoms with Crippen molar-refractivity contribution in [2.24, 2.45) is 0 Å². The van der Waals surface area contributed by atoms with E-state index >= 15 is 0 Å². The van der Waals surface area contributed by atoms with Gasteiger partial charge in [0.1, 0.15) is 5.75 Å². The Morgan fingerprint density at radius 3 is 2.61 bits per heavy atom. The number of hydrogen-bond donors (Lipinski definition) is 3. The summed E-state index contributed by atoms with van der Waals surface area (Å²) in [6, 6.07) is 8.75. The van der Waals surface area contributed by atoms with Crippen LogP contribution in [-0.4, -0.2) is 21.9 Å². The Morgan fingerprint density at radius 2 is 1.91 bits per heavy atom. The highest BCUT2D eigenvalue weighted by molar-refractivity contribution is 6.36. The fraction of sp³-hybridized carbons (Fsp3) is 0.125. The smallest absolute Gasteiger partial charge is 0.261 e. The van der Waals surface area contributed by atoms with Crippen molar-refractivity contribution in [1.82, 2.24) is 0 Å². The normalized spacial score (nSPS) is 19.3. The van der Waals surface area contributed by atoms with Crippen LogP contribution in [0.5, 0.6) is 5.75 Å². The van der Waals surface area contributed by atoms with Crippen molar-refractivity contribution in [2.75, 3.05) is 5.32 Å². The van der Waals surface area contributed by atoms with Crippen LogP contribution in [0.4, 0.5) is 5.69 Å². The number of aromatic hydroxyl groups is 1. The predicted octanol–water partition coefficient (Wildman–Crippen LogP) is 3.11. The van der Waals surface area contributed by atoms with E-state index in [0.29, 0.717) is 5.02 Å². The van der Waals surface area contributed by atoms with Crippen molar-refractivity contribution in [3.63, 3.8) is 0 Å². The SMILES string of the molecule is O=C(C[C@]1(O)C(=O)Nc2cc(Cl)cc(Cl)c21)c1ccccc1O. The van der Waals surface area contributed by atoms with E-state index in [9.17, 15) is 19.8 Å². The van der Waals surface area contributed by atoms with Gasteiger partial charge < -0.3 is 15.5 Å². The molecular formula is C16H11Cl2NO4. The van der Waals surface area contributed by atoms with Gasteiger partial charge in [0.25, 0.3) is 5.91 Å². The molecule has 23 heavy (non-hydrogen) atoms. The maximum absolute atomic E-state index is 12.4. The molecule has 1 heterocycles. The molecule has 0 fully saturated rings. The first-order valence-electron chi connectivity index (χ1n) is 6.67. The number of carbonyl (C=O) groups excluding carboxylic acids is 2. The molecule has 5 nitrogen and oxygen atoms in total. The molecule has 2 aromatic rings. The van der Waals surface area contributed by atoms with E-state index in [0.717, 1.165) is 0 Å². The number of fused-ring (bicyclic) bond motifs is 1. The van der Waals surface area contributed by atoms with Gasteiger partial charge in [-0.15, -0.1) is 0 Å². The monoisotopic (exact) mass is 351 g/mol. The number of Topliss-reactive ketones (excluding diaryl/α,β-unsaturated/α-hetero) is 1. The van der Waals surface area contributed by atoms with Crippen molar-refractivity contribution in [2.45, 2.75) is 12.0 Å². The lowest BCUT2D eigenvalue weighted by atomic mass is 9.88.